The fourth-order valence-corrected chi connectivity index (χ4v) is 9.08. The number of phosphoric ester groups is 3. The molecule has 61 heavy (non-hydrogen) atoms. The van der Waals surface area contributed by atoms with Gasteiger partial charge in [-0.2, -0.15) is 4.31 Å². The van der Waals surface area contributed by atoms with E-state index in [4.69, 9.17) is 19.5 Å². The topological polar surface area (TPSA) is 367 Å². The van der Waals surface area contributed by atoms with Crippen molar-refractivity contribution < 1.29 is 80.5 Å². The fourth-order valence-electron chi connectivity index (χ4n) is 5.57. The first-order chi connectivity index (χ1) is 28.4. The zero-order valence-corrected chi connectivity index (χ0v) is 36.7. The minimum Gasteiger partial charge on any atom is -0.386 e. The average molecular weight is 943 g/mol. The number of aliphatic hydroxyl groups is 2. The van der Waals surface area contributed by atoms with Crippen LogP contribution in [0.1, 0.15) is 38.5 Å². The summed E-state index contributed by atoms with van der Waals surface area (Å²) in [5.41, 5.74) is 6.34. The number of rotatable bonds is 23. The number of nitrogens with two attached hydrogens (primary N) is 1. The van der Waals surface area contributed by atoms with Crippen LogP contribution in [-0.4, -0.2) is 137 Å². The van der Waals surface area contributed by atoms with Gasteiger partial charge in [-0.25, -0.2) is 28.6 Å². The van der Waals surface area contributed by atoms with Crippen molar-refractivity contribution in [1.82, 2.24) is 30.2 Å². The van der Waals surface area contributed by atoms with Gasteiger partial charge in [-0.3, -0.25) is 32.5 Å². The summed E-state index contributed by atoms with van der Waals surface area (Å²) in [7, 11) is -12.5. The van der Waals surface area contributed by atoms with Gasteiger partial charge in [-0.1, -0.05) is 37.7 Å². The molecule has 0 bridgehead atoms. The number of aryl methyl sites for hydroxylation is 1. The predicted octanol–water partition coefficient (Wildman–Crippen LogP) is 0.364. The molecular formula is C32H49N8O17P3S. The Labute approximate surface area is 353 Å². The zero-order valence-electron chi connectivity index (χ0n) is 33.2. The van der Waals surface area contributed by atoms with Crippen LogP contribution in [0.5, 0.6) is 0 Å². The number of ether oxygens (including phenoxy) is 1. The number of carbonyl (C=O) groups is 3. The maximum absolute atomic E-state index is 12.7. The van der Waals surface area contributed by atoms with Crippen LogP contribution in [0, 0.1) is 5.41 Å². The molecular weight excluding hydrogens is 893 g/mol. The summed E-state index contributed by atoms with van der Waals surface area (Å²) in [5, 5.41) is 26.5. The molecule has 0 spiro atoms. The van der Waals surface area contributed by atoms with Gasteiger partial charge in [0.25, 0.3) is 0 Å². The maximum Gasteiger partial charge on any atom is 0.481 e. The molecule has 0 saturated carbocycles. The second-order valence-electron chi connectivity index (χ2n) is 14.4. The normalized spacial score (nSPS) is 20.8. The summed E-state index contributed by atoms with van der Waals surface area (Å²) < 4.78 is 62.3. The van der Waals surface area contributed by atoms with Crippen molar-refractivity contribution in [2.24, 2.45) is 5.41 Å². The Morgan fingerprint density at radius 1 is 1.00 bits per heavy atom. The maximum atomic E-state index is 12.7. The number of hydrogen-bond acceptors (Lipinski definition) is 19. The third-order valence-corrected chi connectivity index (χ3v) is 12.9. The van der Waals surface area contributed by atoms with Gasteiger partial charge < -0.3 is 55.8 Å². The van der Waals surface area contributed by atoms with Gasteiger partial charge in [0, 0.05) is 56.9 Å². The number of carbonyl (C=O) groups excluding carboxylic acids is 3. The smallest absolute Gasteiger partial charge is 0.386 e. The lowest BCUT2D eigenvalue weighted by atomic mass is 9.87. The van der Waals surface area contributed by atoms with Crippen LogP contribution in [-0.2, 0) is 57.1 Å². The number of aliphatic hydroxyl groups excluding tert-OH is 2. The quantitative estimate of drug-likeness (QED) is 0.0458. The Morgan fingerprint density at radius 2 is 1.67 bits per heavy atom. The number of fused-ring (bicyclic) bond motifs is 1. The summed E-state index contributed by atoms with van der Waals surface area (Å²) in [6.45, 7) is 0.479. The van der Waals surface area contributed by atoms with Gasteiger partial charge in [0.1, 0.15) is 36.3 Å². The van der Waals surface area contributed by atoms with Crippen LogP contribution in [0.3, 0.4) is 0 Å². The number of nitrogen functional groups attached to an aromatic ring is 1. The first kappa shape index (κ1) is 50.2. The first-order valence-corrected chi connectivity index (χ1v) is 23.7. The molecule has 1 aromatic carbocycles. The van der Waals surface area contributed by atoms with E-state index in [-0.39, 0.29) is 41.6 Å². The molecule has 3 heterocycles. The number of anilines is 2. The highest BCUT2D eigenvalue weighted by atomic mass is 32.2. The number of hydrogen-bond donors (Lipinski definition) is 9. The van der Waals surface area contributed by atoms with Crippen molar-refractivity contribution in [3.8, 4) is 0 Å². The molecule has 2 aromatic heterocycles. The molecule has 1 fully saturated rings. The highest BCUT2D eigenvalue weighted by Crippen LogP contribution is 2.61. The van der Waals surface area contributed by atoms with E-state index in [2.05, 4.69) is 34.4 Å². The highest BCUT2D eigenvalue weighted by molar-refractivity contribution is 8.13. The van der Waals surface area contributed by atoms with Gasteiger partial charge in [0.05, 0.1) is 19.5 Å². The van der Waals surface area contributed by atoms with Crippen LogP contribution in [0.25, 0.3) is 11.2 Å². The lowest BCUT2D eigenvalue weighted by molar-refractivity contribution is -0.137. The summed E-state index contributed by atoms with van der Waals surface area (Å²) in [4.78, 5) is 90.1. The molecule has 2 unspecified atom stereocenters. The van der Waals surface area contributed by atoms with Crippen LogP contribution in [0.4, 0.5) is 11.5 Å². The van der Waals surface area contributed by atoms with Crippen molar-refractivity contribution in [3.63, 3.8) is 0 Å². The Balaban J connectivity index is 1.18. The van der Waals surface area contributed by atoms with E-state index in [1.54, 1.807) is 0 Å². The molecule has 0 aliphatic carbocycles. The minimum atomic E-state index is -5.58. The second-order valence-corrected chi connectivity index (χ2v) is 19.7. The molecule has 1 aliphatic heterocycles. The van der Waals surface area contributed by atoms with Crippen molar-refractivity contribution in [2.75, 3.05) is 56.8 Å². The SMILES string of the molecule is CN(C)c1ccc(CCC(=O)SCCNC(=O)CCNC(=O)[C@H](O)C(C)(C)COP(=O)(O)OP(=O)(O)OC[C@H]2O[C@@H](n3cnc4c(N)ncnc43)[C@H](O)[C@@H]2OP(=O)(O)O)cc1. The van der Waals surface area contributed by atoms with Gasteiger partial charge in [0.2, 0.25) is 11.8 Å². The molecule has 29 heteroatoms. The van der Waals surface area contributed by atoms with E-state index >= 15 is 0 Å². The number of benzene rings is 1. The monoisotopic (exact) mass is 942 g/mol. The molecule has 2 amide bonds. The predicted molar refractivity (Wildman–Crippen MR) is 216 cm³/mol. The number of aromatic nitrogens is 4. The minimum absolute atomic E-state index is 0.0251. The number of amides is 2. The Hall–Kier alpha value is -3.42. The molecule has 7 atom stereocenters. The molecule has 3 aromatic rings. The van der Waals surface area contributed by atoms with Gasteiger partial charge in [0.15, 0.2) is 22.8 Å². The molecule has 25 nitrogen and oxygen atoms in total. The molecule has 340 valence electrons. The van der Waals surface area contributed by atoms with Crippen LogP contribution in [0.15, 0.2) is 36.9 Å². The van der Waals surface area contributed by atoms with Crippen molar-refractivity contribution in [2.45, 2.75) is 63.8 Å². The Morgan fingerprint density at radius 3 is 2.33 bits per heavy atom. The largest absolute Gasteiger partial charge is 0.481 e. The second kappa shape index (κ2) is 21.3. The molecule has 0 radical (unpaired) electrons. The fraction of sp³-hybridized carbons (Fsp3) is 0.562. The summed E-state index contributed by atoms with van der Waals surface area (Å²) >= 11 is 1.09. The number of phosphoric acid groups is 3. The van der Waals surface area contributed by atoms with Crippen LogP contribution >= 0.6 is 35.2 Å². The first-order valence-electron chi connectivity index (χ1n) is 18.2. The number of nitrogens with zero attached hydrogens (tertiary/aromatic N) is 5. The Bertz CT molecular complexity index is 2140. The average Bonchev–Trinajstić information content (AvgIpc) is 3.73. The number of thioether (sulfide) groups is 1. The van der Waals surface area contributed by atoms with Gasteiger partial charge in [-0.15, -0.1) is 0 Å². The summed E-state index contributed by atoms with van der Waals surface area (Å²) in [6.07, 6.45) is -6.02. The molecule has 4 rings (SSSR count). The van der Waals surface area contributed by atoms with Crippen molar-refractivity contribution >= 4 is 74.8 Å². The number of nitrogens with one attached hydrogen (secondary N) is 2. The Kier molecular flexibility index (Phi) is 17.5. The molecule has 1 aliphatic rings. The van der Waals surface area contributed by atoms with Crippen LogP contribution in [0.2, 0.25) is 0 Å². The van der Waals surface area contributed by atoms with Crippen LogP contribution < -0.4 is 21.3 Å². The van der Waals surface area contributed by atoms with E-state index in [9.17, 15) is 57.9 Å². The highest BCUT2D eigenvalue weighted by Gasteiger charge is 2.50. The third-order valence-electron chi connectivity index (χ3n) is 8.84. The number of imidazole rings is 1. The van der Waals surface area contributed by atoms with Crippen molar-refractivity contribution in [1.29, 1.82) is 0 Å². The van der Waals surface area contributed by atoms with Crippen molar-refractivity contribution in [3.05, 3.63) is 42.5 Å². The van der Waals surface area contributed by atoms with Gasteiger partial charge in [-0.05, 0) is 24.1 Å². The van der Waals surface area contributed by atoms with E-state index < -0.39 is 84.6 Å². The summed E-state index contributed by atoms with van der Waals surface area (Å²) in [6, 6.07) is 7.88. The van der Waals surface area contributed by atoms with E-state index in [1.165, 1.54) is 13.8 Å². The lowest BCUT2D eigenvalue weighted by Gasteiger charge is -2.30. The van der Waals surface area contributed by atoms with Gasteiger partial charge >= 0.3 is 23.5 Å². The molecule has 10 N–H and O–H groups in total. The zero-order chi connectivity index (χ0) is 45.3. The van der Waals surface area contributed by atoms with E-state index in [0.29, 0.717) is 18.6 Å². The summed E-state index contributed by atoms with van der Waals surface area (Å²) in [5.74, 6) is -1.12. The van der Waals surface area contributed by atoms with E-state index in [1.807, 2.05) is 43.3 Å². The standard InChI is InChI=1S/C32H49N8O17P3S/c1-32(2,27(44)30(45)35-12-11-22(41)34-13-14-61-23(42)10-7-19-5-8-20(9-6-19)39(3)4)16-54-60(51,52)57-59(49,50)53-15-21-26(56-58(46,47)48)25(43)31(55-21)40-18-38-24-28(33)36-17-37-29(24)40/h5-6,8-9,17-18,21,25-27,31,43-44H,7,10-16H2,1-4H3,(H,34,41)(H,35,45)(H,49,50)(H,51,52)(H2,33,36,37)(H2,46,47,48)/t21-,25-,26-,27+,31-/m1/s1. The third kappa shape index (κ3) is 15.1. The van der Waals surface area contributed by atoms with E-state index in [0.717, 1.165) is 40.2 Å². The lowest BCUT2D eigenvalue weighted by Crippen LogP contribution is -2.46. The molecule has 1 saturated heterocycles.